The third-order valence-electron chi connectivity index (χ3n) is 5.05. The van der Waals surface area contributed by atoms with Crippen LogP contribution in [0, 0.1) is 5.92 Å². The summed E-state index contributed by atoms with van der Waals surface area (Å²) in [6.07, 6.45) is 3.95. The number of rotatable bonds is 7. The van der Waals surface area contributed by atoms with Gasteiger partial charge in [-0.1, -0.05) is 30.0 Å². The molecule has 0 spiro atoms. The summed E-state index contributed by atoms with van der Waals surface area (Å²) in [4.78, 5) is 28.3. The predicted molar refractivity (Wildman–Crippen MR) is 125 cm³/mol. The van der Waals surface area contributed by atoms with Crippen molar-refractivity contribution >= 4 is 50.2 Å². The van der Waals surface area contributed by atoms with Gasteiger partial charge >= 0.3 is 0 Å². The van der Waals surface area contributed by atoms with Gasteiger partial charge in [0.15, 0.2) is 10.8 Å². The van der Waals surface area contributed by atoms with E-state index in [1.54, 1.807) is 43.8 Å². The van der Waals surface area contributed by atoms with Crippen LogP contribution in [-0.2, 0) is 4.79 Å². The Morgan fingerprint density at radius 3 is 2.74 bits per heavy atom. The fourth-order valence-corrected chi connectivity index (χ4v) is 5.46. The quantitative estimate of drug-likeness (QED) is 0.418. The SMILES string of the molecule is COc1cc(NC(=O)CSc2ncnc3nc(N4CCC[C@H](C)C4)sc23)cc(OC)c1. The molecule has 3 aromatic rings. The molecule has 1 aliphatic rings. The van der Waals surface area contributed by atoms with Crippen LogP contribution in [0.25, 0.3) is 10.3 Å². The number of nitrogens with zero attached hydrogens (tertiary/aromatic N) is 4. The predicted octanol–water partition coefficient (Wildman–Crippen LogP) is 4.07. The Balaban J connectivity index is 1.44. The number of nitrogens with one attached hydrogen (secondary N) is 1. The van der Waals surface area contributed by atoms with Gasteiger partial charge in [0.25, 0.3) is 0 Å². The van der Waals surface area contributed by atoms with Crippen LogP contribution in [0.1, 0.15) is 19.8 Å². The smallest absolute Gasteiger partial charge is 0.234 e. The zero-order chi connectivity index (χ0) is 21.8. The normalized spacial score (nSPS) is 16.4. The van der Waals surface area contributed by atoms with Crippen LogP contribution in [0.2, 0.25) is 0 Å². The van der Waals surface area contributed by atoms with Gasteiger partial charge < -0.3 is 19.7 Å². The van der Waals surface area contributed by atoms with Crippen molar-refractivity contribution in [2.75, 3.05) is 43.3 Å². The highest BCUT2D eigenvalue weighted by atomic mass is 32.2. The fourth-order valence-electron chi connectivity index (χ4n) is 3.53. The van der Waals surface area contributed by atoms with Gasteiger partial charge in [-0.25, -0.2) is 9.97 Å². The Morgan fingerprint density at radius 1 is 1.26 bits per heavy atom. The number of thioether (sulfide) groups is 1. The van der Waals surface area contributed by atoms with Crippen LogP contribution in [0.15, 0.2) is 29.6 Å². The van der Waals surface area contributed by atoms with E-state index in [4.69, 9.17) is 14.5 Å². The summed E-state index contributed by atoms with van der Waals surface area (Å²) in [7, 11) is 3.15. The minimum atomic E-state index is -0.137. The van der Waals surface area contributed by atoms with E-state index in [0.29, 0.717) is 28.8 Å². The van der Waals surface area contributed by atoms with E-state index in [2.05, 4.69) is 27.1 Å². The summed E-state index contributed by atoms with van der Waals surface area (Å²) in [6, 6.07) is 5.26. The van der Waals surface area contributed by atoms with E-state index < -0.39 is 0 Å². The van der Waals surface area contributed by atoms with E-state index in [1.807, 2.05) is 0 Å². The molecule has 1 aliphatic heterocycles. The van der Waals surface area contributed by atoms with Crippen LogP contribution in [0.4, 0.5) is 10.8 Å². The number of fused-ring (bicyclic) bond motifs is 1. The lowest BCUT2D eigenvalue weighted by Gasteiger charge is -2.30. The Labute approximate surface area is 189 Å². The molecule has 4 rings (SSSR count). The first-order valence-electron chi connectivity index (χ1n) is 10.1. The topological polar surface area (TPSA) is 89.5 Å². The maximum atomic E-state index is 12.5. The zero-order valence-corrected chi connectivity index (χ0v) is 19.4. The molecule has 1 amide bonds. The molecule has 10 heteroatoms. The van der Waals surface area contributed by atoms with Crippen LogP contribution in [0.3, 0.4) is 0 Å². The monoisotopic (exact) mass is 459 g/mol. The average molecular weight is 460 g/mol. The first-order chi connectivity index (χ1) is 15.1. The van der Waals surface area contributed by atoms with Gasteiger partial charge in [0, 0.05) is 37.0 Å². The highest BCUT2D eigenvalue weighted by Gasteiger charge is 2.21. The molecule has 0 radical (unpaired) electrons. The second-order valence-electron chi connectivity index (χ2n) is 7.46. The summed E-state index contributed by atoms with van der Waals surface area (Å²) in [5.74, 6) is 1.98. The van der Waals surface area contributed by atoms with Gasteiger partial charge in [0.2, 0.25) is 5.91 Å². The Kier molecular flexibility index (Phi) is 6.77. The molecule has 8 nitrogen and oxygen atoms in total. The van der Waals surface area contributed by atoms with Crippen molar-refractivity contribution in [3.63, 3.8) is 0 Å². The zero-order valence-electron chi connectivity index (χ0n) is 17.8. The van der Waals surface area contributed by atoms with E-state index in [9.17, 15) is 4.79 Å². The second-order valence-corrected chi connectivity index (χ2v) is 9.40. The van der Waals surface area contributed by atoms with Crippen molar-refractivity contribution in [1.29, 1.82) is 0 Å². The van der Waals surface area contributed by atoms with Gasteiger partial charge in [0.05, 0.1) is 20.0 Å². The third kappa shape index (κ3) is 5.19. The van der Waals surface area contributed by atoms with Gasteiger partial charge in [-0.3, -0.25) is 4.79 Å². The van der Waals surface area contributed by atoms with Crippen molar-refractivity contribution in [3.8, 4) is 11.5 Å². The van der Waals surface area contributed by atoms with Gasteiger partial charge in [0.1, 0.15) is 27.6 Å². The van der Waals surface area contributed by atoms with Gasteiger partial charge in [-0.2, -0.15) is 4.98 Å². The molecule has 1 saturated heterocycles. The van der Waals surface area contributed by atoms with E-state index >= 15 is 0 Å². The number of anilines is 2. The maximum absolute atomic E-state index is 12.5. The van der Waals surface area contributed by atoms with Crippen molar-refractivity contribution in [1.82, 2.24) is 15.0 Å². The molecule has 0 bridgehead atoms. The molecule has 1 aromatic carbocycles. The van der Waals surface area contributed by atoms with Crippen LogP contribution < -0.4 is 19.7 Å². The lowest BCUT2D eigenvalue weighted by molar-refractivity contribution is -0.113. The number of carbonyl (C=O) groups is 1. The lowest BCUT2D eigenvalue weighted by Crippen LogP contribution is -2.34. The lowest BCUT2D eigenvalue weighted by atomic mass is 10.0. The van der Waals surface area contributed by atoms with Crippen molar-refractivity contribution in [2.24, 2.45) is 5.92 Å². The third-order valence-corrected chi connectivity index (χ3v) is 7.28. The molecule has 0 aliphatic carbocycles. The Morgan fingerprint density at radius 2 is 2.03 bits per heavy atom. The molecule has 3 heterocycles. The largest absolute Gasteiger partial charge is 0.497 e. The summed E-state index contributed by atoms with van der Waals surface area (Å²) < 4.78 is 11.4. The van der Waals surface area contributed by atoms with Gasteiger partial charge in [-0.05, 0) is 18.8 Å². The molecular formula is C21H25N5O3S2. The fraction of sp³-hybridized carbons (Fsp3) is 0.429. The number of ether oxygens (including phenoxy) is 2. The number of hydrogen-bond donors (Lipinski definition) is 1. The first-order valence-corrected chi connectivity index (χ1v) is 11.9. The van der Waals surface area contributed by atoms with Crippen molar-refractivity contribution in [2.45, 2.75) is 24.8 Å². The number of thiazole rings is 1. The van der Waals surface area contributed by atoms with Crippen LogP contribution in [0.5, 0.6) is 11.5 Å². The highest BCUT2D eigenvalue weighted by molar-refractivity contribution is 8.00. The summed E-state index contributed by atoms with van der Waals surface area (Å²) in [5.41, 5.74) is 1.31. The minimum Gasteiger partial charge on any atom is -0.497 e. The van der Waals surface area contributed by atoms with Crippen molar-refractivity contribution < 1.29 is 14.3 Å². The number of hydrogen-bond acceptors (Lipinski definition) is 9. The minimum absolute atomic E-state index is 0.137. The number of methoxy groups -OCH3 is 2. The Hall–Kier alpha value is -2.59. The standard InChI is InChI=1S/C21H25N5O3S2/c1-13-5-4-6-26(10-13)21-25-19-18(31-21)20(23-12-22-19)30-11-17(27)24-14-7-15(28-2)9-16(8-14)29-3/h7-9,12-13H,4-6,10-11H2,1-3H3,(H,24,27)/t13-/m0/s1. The number of piperidine rings is 1. The van der Waals surface area contributed by atoms with E-state index in [0.717, 1.165) is 27.9 Å². The summed E-state index contributed by atoms with van der Waals surface area (Å²) >= 11 is 2.99. The number of aromatic nitrogens is 3. The number of benzene rings is 1. The maximum Gasteiger partial charge on any atom is 0.234 e. The van der Waals surface area contributed by atoms with E-state index in [-0.39, 0.29) is 11.7 Å². The number of amides is 1. The molecule has 1 fully saturated rings. The molecule has 1 atom stereocenters. The molecule has 164 valence electrons. The molecule has 2 aromatic heterocycles. The van der Waals surface area contributed by atoms with E-state index in [1.165, 1.54) is 30.9 Å². The van der Waals surface area contributed by atoms with Crippen LogP contribution >= 0.6 is 23.1 Å². The molecule has 0 saturated carbocycles. The molecule has 0 unspecified atom stereocenters. The summed E-state index contributed by atoms with van der Waals surface area (Å²) in [6.45, 7) is 4.31. The van der Waals surface area contributed by atoms with Gasteiger partial charge in [-0.15, -0.1) is 0 Å². The first kappa shape index (κ1) is 21.6. The van der Waals surface area contributed by atoms with Crippen LogP contribution in [-0.4, -0.2) is 53.9 Å². The molecule has 31 heavy (non-hydrogen) atoms. The Bertz CT molecular complexity index is 1050. The summed E-state index contributed by atoms with van der Waals surface area (Å²) in [5, 5.41) is 4.65. The second kappa shape index (κ2) is 9.69. The molecular weight excluding hydrogens is 434 g/mol. The van der Waals surface area contributed by atoms with Crippen molar-refractivity contribution in [3.05, 3.63) is 24.5 Å². The number of carbonyl (C=O) groups excluding carboxylic acids is 1. The average Bonchev–Trinajstić information content (AvgIpc) is 3.22. The molecule has 1 N–H and O–H groups in total. The highest BCUT2D eigenvalue weighted by Crippen LogP contribution is 2.35.